The second-order valence-electron chi connectivity index (χ2n) is 1.30. The number of rotatable bonds is 1. The molecule has 46 valence electrons. The van der Waals surface area contributed by atoms with Crippen molar-refractivity contribution in [2.45, 2.75) is 0 Å². The van der Waals surface area contributed by atoms with Gasteiger partial charge in [-0.25, -0.2) is 4.98 Å². The van der Waals surface area contributed by atoms with Crippen LogP contribution in [0.3, 0.4) is 0 Å². The van der Waals surface area contributed by atoms with Crippen LogP contribution in [0.25, 0.3) is 0 Å². The molecule has 1 heterocycles. The van der Waals surface area contributed by atoms with Gasteiger partial charge < -0.3 is 4.74 Å². The van der Waals surface area contributed by atoms with Gasteiger partial charge in [0.25, 0.3) is 0 Å². The van der Waals surface area contributed by atoms with Crippen molar-refractivity contribution in [3.63, 3.8) is 0 Å². The Morgan fingerprint density at radius 1 is 1.89 bits per heavy atom. The van der Waals surface area contributed by atoms with Crippen molar-refractivity contribution in [2.24, 2.45) is 0 Å². The molecule has 0 aromatic carbocycles. The highest BCUT2D eigenvalue weighted by atomic mass is 32.1. The van der Waals surface area contributed by atoms with E-state index in [0.717, 1.165) is 0 Å². The number of nitriles is 1. The van der Waals surface area contributed by atoms with Crippen LogP contribution in [0, 0.1) is 11.3 Å². The zero-order chi connectivity index (χ0) is 6.69. The number of methoxy groups -OCH3 is 1. The molecule has 0 radical (unpaired) electrons. The molecule has 0 aliphatic heterocycles. The highest BCUT2D eigenvalue weighted by Crippen LogP contribution is 2.19. The first-order valence-corrected chi connectivity index (χ1v) is 3.08. The molecule has 0 saturated heterocycles. The summed E-state index contributed by atoms with van der Waals surface area (Å²) in [4.78, 5) is 3.74. The van der Waals surface area contributed by atoms with Crippen molar-refractivity contribution in [3.8, 4) is 11.1 Å². The normalized spacial score (nSPS) is 8.44. The molecule has 1 rings (SSSR count). The minimum absolute atomic E-state index is 0.437. The number of nitrogens with zero attached hydrogens (tertiary/aromatic N) is 2. The van der Waals surface area contributed by atoms with Gasteiger partial charge >= 0.3 is 0 Å². The van der Waals surface area contributed by atoms with Crippen LogP contribution in [0.1, 0.15) is 5.01 Å². The molecule has 0 unspecified atom stereocenters. The lowest BCUT2D eigenvalue weighted by Gasteiger charge is -1.85. The van der Waals surface area contributed by atoms with Gasteiger partial charge in [0, 0.05) is 0 Å². The summed E-state index contributed by atoms with van der Waals surface area (Å²) in [5, 5.41) is 9.40. The predicted molar refractivity (Wildman–Crippen MR) is 33.4 cm³/mol. The Morgan fingerprint density at radius 2 is 2.67 bits per heavy atom. The zero-order valence-corrected chi connectivity index (χ0v) is 5.60. The fraction of sp³-hybridized carbons (Fsp3) is 0.200. The average Bonchev–Trinajstić information content (AvgIpc) is 2.34. The van der Waals surface area contributed by atoms with E-state index in [1.54, 1.807) is 7.11 Å². The number of thiazole rings is 1. The third-order valence-corrected chi connectivity index (χ3v) is 1.64. The maximum absolute atomic E-state index is 8.29. The minimum Gasteiger partial charge on any atom is -0.486 e. The molecule has 9 heavy (non-hydrogen) atoms. The van der Waals surface area contributed by atoms with Gasteiger partial charge in [-0.1, -0.05) is 11.3 Å². The lowest BCUT2D eigenvalue weighted by molar-refractivity contribution is 0.426. The van der Waals surface area contributed by atoms with E-state index in [2.05, 4.69) is 4.98 Å². The Bertz CT molecular complexity index is 237. The van der Waals surface area contributed by atoms with Crippen molar-refractivity contribution < 1.29 is 4.74 Å². The van der Waals surface area contributed by atoms with Crippen LogP contribution in [-0.2, 0) is 0 Å². The van der Waals surface area contributed by atoms with E-state index in [-0.39, 0.29) is 0 Å². The van der Waals surface area contributed by atoms with Crippen molar-refractivity contribution in [3.05, 3.63) is 11.2 Å². The van der Waals surface area contributed by atoms with Crippen LogP contribution in [-0.4, -0.2) is 12.1 Å². The smallest absolute Gasteiger partial charge is 0.197 e. The first kappa shape index (κ1) is 6.05. The van der Waals surface area contributed by atoms with Crippen molar-refractivity contribution in [1.82, 2.24) is 4.98 Å². The fourth-order valence-corrected chi connectivity index (χ4v) is 0.936. The molecule has 0 spiro atoms. The van der Waals surface area contributed by atoms with Crippen LogP contribution in [0.15, 0.2) is 6.20 Å². The molecule has 1 aromatic rings. The van der Waals surface area contributed by atoms with Gasteiger partial charge in [0.1, 0.15) is 6.07 Å². The van der Waals surface area contributed by atoms with E-state index in [9.17, 15) is 0 Å². The summed E-state index contributed by atoms with van der Waals surface area (Å²) in [5.41, 5.74) is 0. The van der Waals surface area contributed by atoms with Crippen molar-refractivity contribution in [2.75, 3.05) is 7.11 Å². The van der Waals surface area contributed by atoms with Crippen LogP contribution in [0.4, 0.5) is 0 Å². The molecule has 0 aliphatic carbocycles. The maximum atomic E-state index is 8.29. The molecule has 0 bridgehead atoms. The minimum atomic E-state index is 0.437. The Kier molecular flexibility index (Phi) is 1.66. The van der Waals surface area contributed by atoms with E-state index in [1.807, 2.05) is 6.07 Å². The van der Waals surface area contributed by atoms with E-state index in [0.29, 0.717) is 10.1 Å². The van der Waals surface area contributed by atoms with Gasteiger partial charge in [0.05, 0.1) is 13.3 Å². The van der Waals surface area contributed by atoms with Crippen LogP contribution in [0.2, 0.25) is 0 Å². The highest BCUT2D eigenvalue weighted by Gasteiger charge is 1.97. The molecule has 0 fully saturated rings. The number of hydrogen-bond donors (Lipinski definition) is 0. The van der Waals surface area contributed by atoms with Crippen LogP contribution in [0.5, 0.6) is 5.06 Å². The quantitative estimate of drug-likeness (QED) is 0.585. The Hall–Kier alpha value is -1.08. The average molecular weight is 140 g/mol. The standard InChI is InChI=1S/C5H4N2OS/c1-8-5-3-7-4(2-6)9-5/h3H,1H3. The van der Waals surface area contributed by atoms with Crippen molar-refractivity contribution >= 4 is 11.3 Å². The van der Waals surface area contributed by atoms with Gasteiger partial charge in [-0.15, -0.1) is 0 Å². The number of hydrogen-bond acceptors (Lipinski definition) is 4. The largest absolute Gasteiger partial charge is 0.486 e. The fourth-order valence-electron chi connectivity index (χ4n) is 0.405. The zero-order valence-electron chi connectivity index (χ0n) is 4.79. The van der Waals surface area contributed by atoms with E-state index < -0.39 is 0 Å². The molecule has 0 amide bonds. The molecule has 0 aliphatic rings. The molecule has 1 aromatic heterocycles. The van der Waals surface area contributed by atoms with Crippen LogP contribution < -0.4 is 4.74 Å². The van der Waals surface area contributed by atoms with Gasteiger partial charge in [0.15, 0.2) is 10.1 Å². The lowest BCUT2D eigenvalue weighted by atomic mass is 10.8. The Balaban J connectivity index is 2.90. The number of aromatic nitrogens is 1. The molecular formula is C5H4N2OS. The van der Waals surface area contributed by atoms with Gasteiger partial charge in [-0.05, 0) is 0 Å². The first-order chi connectivity index (χ1) is 4.36. The van der Waals surface area contributed by atoms with Gasteiger partial charge in [0.2, 0.25) is 0 Å². The third kappa shape index (κ3) is 1.18. The molecule has 4 heteroatoms. The monoisotopic (exact) mass is 140 g/mol. The van der Waals surface area contributed by atoms with E-state index >= 15 is 0 Å². The molecule has 0 N–H and O–H groups in total. The summed E-state index contributed by atoms with van der Waals surface area (Å²) in [6.45, 7) is 0. The lowest BCUT2D eigenvalue weighted by Crippen LogP contribution is -1.73. The van der Waals surface area contributed by atoms with Crippen LogP contribution >= 0.6 is 11.3 Å². The Labute approximate surface area is 56.5 Å². The topological polar surface area (TPSA) is 45.9 Å². The Morgan fingerprint density at radius 3 is 3.00 bits per heavy atom. The molecular weight excluding hydrogens is 136 g/mol. The maximum Gasteiger partial charge on any atom is 0.197 e. The van der Waals surface area contributed by atoms with Gasteiger partial charge in [-0.3, -0.25) is 0 Å². The molecule has 3 nitrogen and oxygen atoms in total. The second kappa shape index (κ2) is 2.46. The van der Waals surface area contributed by atoms with Crippen molar-refractivity contribution in [1.29, 1.82) is 5.26 Å². The summed E-state index contributed by atoms with van der Waals surface area (Å²) < 4.78 is 4.80. The summed E-state index contributed by atoms with van der Waals surface area (Å²) >= 11 is 1.24. The third-order valence-electron chi connectivity index (χ3n) is 0.781. The summed E-state index contributed by atoms with van der Waals surface area (Å²) in [7, 11) is 1.55. The van der Waals surface area contributed by atoms with E-state index in [4.69, 9.17) is 10.00 Å². The summed E-state index contributed by atoms with van der Waals surface area (Å²) in [6, 6.07) is 1.91. The summed E-state index contributed by atoms with van der Waals surface area (Å²) in [6.07, 6.45) is 1.53. The molecule has 0 saturated carbocycles. The SMILES string of the molecule is COc1cnc(C#N)s1. The second-order valence-corrected chi connectivity index (χ2v) is 2.29. The highest BCUT2D eigenvalue weighted by molar-refractivity contribution is 7.13. The molecule has 0 atom stereocenters. The number of ether oxygens (including phenoxy) is 1. The van der Waals surface area contributed by atoms with E-state index in [1.165, 1.54) is 17.5 Å². The summed E-state index contributed by atoms with van der Waals surface area (Å²) in [5.74, 6) is 0. The van der Waals surface area contributed by atoms with Gasteiger partial charge in [-0.2, -0.15) is 5.26 Å². The first-order valence-electron chi connectivity index (χ1n) is 2.26. The predicted octanol–water partition coefficient (Wildman–Crippen LogP) is 1.02.